The van der Waals surface area contributed by atoms with E-state index in [1.165, 1.54) is 11.8 Å². The van der Waals surface area contributed by atoms with E-state index in [-0.39, 0.29) is 17.1 Å². The van der Waals surface area contributed by atoms with Gasteiger partial charge in [0.1, 0.15) is 11.4 Å². The highest BCUT2D eigenvalue weighted by Gasteiger charge is 2.22. The number of carbonyl (C=O) groups is 2. The van der Waals surface area contributed by atoms with Crippen molar-refractivity contribution in [1.82, 2.24) is 14.6 Å². The number of nitrogens with one attached hydrogen (secondary N) is 1. The Morgan fingerprint density at radius 2 is 2.00 bits per heavy atom. The van der Waals surface area contributed by atoms with Crippen molar-refractivity contribution in [3.05, 3.63) is 54.6 Å². The molecule has 1 atom stereocenters. The fraction of sp³-hybridized carbons (Fsp3) is 0.238. The van der Waals surface area contributed by atoms with E-state index in [9.17, 15) is 9.59 Å². The lowest BCUT2D eigenvalue weighted by Crippen LogP contribution is -2.24. The van der Waals surface area contributed by atoms with Crippen LogP contribution in [0, 0.1) is 0 Å². The Kier molecular flexibility index (Phi) is 5.71. The van der Waals surface area contributed by atoms with Crippen molar-refractivity contribution in [2.45, 2.75) is 30.5 Å². The fourth-order valence-corrected chi connectivity index (χ4v) is 4.06. The van der Waals surface area contributed by atoms with Crippen molar-refractivity contribution in [2.24, 2.45) is 0 Å². The summed E-state index contributed by atoms with van der Waals surface area (Å²) in [5, 5.41) is 11.5. The predicted molar refractivity (Wildman–Crippen MR) is 114 cm³/mol. The van der Waals surface area contributed by atoms with Crippen LogP contribution in [0.5, 0.6) is 0 Å². The zero-order valence-electron chi connectivity index (χ0n) is 16.5. The van der Waals surface area contributed by atoms with Gasteiger partial charge in [0.2, 0.25) is 5.91 Å². The molecule has 4 rings (SSSR count). The maximum atomic E-state index is 12.8. The first-order valence-corrected chi connectivity index (χ1v) is 10.4. The summed E-state index contributed by atoms with van der Waals surface area (Å²) >= 11 is 1.36. The monoisotopic (exact) mass is 424 g/mol. The maximum absolute atomic E-state index is 12.8. The number of esters is 1. The van der Waals surface area contributed by atoms with Crippen molar-refractivity contribution in [2.75, 3.05) is 11.9 Å². The molecule has 4 aromatic rings. The number of benzene rings is 1. The van der Waals surface area contributed by atoms with Gasteiger partial charge in [0.25, 0.3) is 0 Å². The molecule has 0 saturated heterocycles. The van der Waals surface area contributed by atoms with Crippen molar-refractivity contribution in [1.29, 1.82) is 0 Å². The first-order valence-electron chi connectivity index (χ1n) is 9.55. The van der Waals surface area contributed by atoms with Crippen molar-refractivity contribution >= 4 is 45.9 Å². The SMILES string of the molecule is CCOC(=O)c1ccc(NC(=O)[C@H](CC)Sc2nncn3c2cc2occc23)cc1. The smallest absolute Gasteiger partial charge is 0.338 e. The van der Waals surface area contributed by atoms with E-state index in [1.54, 1.807) is 43.8 Å². The summed E-state index contributed by atoms with van der Waals surface area (Å²) in [4.78, 5) is 24.6. The number of thioether (sulfide) groups is 1. The quantitative estimate of drug-likeness (QED) is 0.351. The van der Waals surface area contributed by atoms with Crippen molar-refractivity contribution < 1.29 is 18.7 Å². The minimum atomic E-state index is -0.387. The summed E-state index contributed by atoms with van der Waals surface area (Å²) in [5.74, 6) is -0.535. The van der Waals surface area contributed by atoms with E-state index < -0.39 is 0 Å². The second-order valence-corrected chi connectivity index (χ2v) is 7.70. The Balaban J connectivity index is 1.49. The van der Waals surface area contributed by atoms with Crippen molar-refractivity contribution in [3.63, 3.8) is 0 Å². The van der Waals surface area contributed by atoms with E-state index in [4.69, 9.17) is 9.15 Å². The minimum Gasteiger partial charge on any atom is -0.463 e. The molecule has 0 bridgehead atoms. The molecule has 0 saturated carbocycles. The highest BCUT2D eigenvalue weighted by atomic mass is 32.2. The van der Waals surface area contributed by atoms with Crippen LogP contribution in [0.2, 0.25) is 0 Å². The highest BCUT2D eigenvalue weighted by Crippen LogP contribution is 2.31. The molecule has 1 N–H and O–H groups in total. The summed E-state index contributed by atoms with van der Waals surface area (Å²) in [6, 6.07) is 10.4. The predicted octanol–water partition coefficient (Wildman–Crippen LogP) is 4.16. The number of hydrogen-bond acceptors (Lipinski definition) is 7. The number of anilines is 1. The summed E-state index contributed by atoms with van der Waals surface area (Å²) < 4.78 is 12.3. The molecule has 8 nitrogen and oxygen atoms in total. The molecular formula is C21H20N4O4S. The molecule has 0 aliphatic carbocycles. The zero-order valence-corrected chi connectivity index (χ0v) is 17.3. The average molecular weight is 424 g/mol. The van der Waals surface area contributed by atoms with Gasteiger partial charge in [-0.2, -0.15) is 0 Å². The minimum absolute atomic E-state index is 0.148. The molecule has 0 spiro atoms. The molecule has 0 aliphatic heterocycles. The number of rotatable bonds is 7. The first-order chi connectivity index (χ1) is 14.6. The number of amides is 1. The molecule has 1 amide bonds. The van der Waals surface area contributed by atoms with E-state index >= 15 is 0 Å². The third-order valence-electron chi connectivity index (χ3n) is 4.58. The Morgan fingerprint density at radius 1 is 1.20 bits per heavy atom. The van der Waals surface area contributed by atoms with Gasteiger partial charge in [-0.05, 0) is 37.6 Å². The molecular weight excluding hydrogens is 404 g/mol. The summed E-state index contributed by atoms with van der Waals surface area (Å²) in [7, 11) is 0. The van der Waals surface area contributed by atoms with Gasteiger partial charge in [-0.15, -0.1) is 10.2 Å². The molecule has 0 radical (unpaired) electrons. The topological polar surface area (TPSA) is 98.7 Å². The van der Waals surface area contributed by atoms with Gasteiger partial charge in [0.05, 0.1) is 34.7 Å². The van der Waals surface area contributed by atoms with Gasteiger partial charge in [-0.3, -0.25) is 9.20 Å². The van der Waals surface area contributed by atoms with Gasteiger partial charge < -0.3 is 14.5 Å². The Labute approximate surface area is 176 Å². The Morgan fingerprint density at radius 3 is 2.73 bits per heavy atom. The van der Waals surface area contributed by atoms with Crippen LogP contribution < -0.4 is 5.32 Å². The Hall–Kier alpha value is -3.33. The van der Waals surface area contributed by atoms with Crippen LogP contribution in [0.4, 0.5) is 5.69 Å². The molecule has 3 aromatic heterocycles. The summed E-state index contributed by atoms with van der Waals surface area (Å²) in [6.07, 6.45) is 3.86. The molecule has 0 unspecified atom stereocenters. The zero-order chi connectivity index (χ0) is 21.1. The van der Waals surface area contributed by atoms with Gasteiger partial charge >= 0.3 is 5.97 Å². The van der Waals surface area contributed by atoms with Crippen LogP contribution in [0.3, 0.4) is 0 Å². The number of fused-ring (bicyclic) bond motifs is 3. The summed E-state index contributed by atoms with van der Waals surface area (Å²) in [6.45, 7) is 4.01. The van der Waals surface area contributed by atoms with E-state index in [0.29, 0.717) is 29.3 Å². The van der Waals surface area contributed by atoms with E-state index in [2.05, 4.69) is 15.5 Å². The number of carbonyl (C=O) groups excluding carboxylic acids is 2. The lowest BCUT2D eigenvalue weighted by Gasteiger charge is -2.14. The van der Waals surface area contributed by atoms with Crippen LogP contribution in [0.1, 0.15) is 30.6 Å². The first kappa shape index (κ1) is 20.0. The van der Waals surface area contributed by atoms with Crippen LogP contribution in [0.15, 0.2) is 58.4 Å². The van der Waals surface area contributed by atoms with Crippen molar-refractivity contribution in [3.8, 4) is 0 Å². The molecule has 154 valence electrons. The van der Waals surface area contributed by atoms with Crippen LogP contribution >= 0.6 is 11.8 Å². The highest BCUT2D eigenvalue weighted by molar-refractivity contribution is 8.00. The second kappa shape index (κ2) is 8.58. The van der Waals surface area contributed by atoms with Gasteiger partial charge in [0.15, 0.2) is 5.58 Å². The lowest BCUT2D eigenvalue weighted by atomic mass is 10.2. The third kappa shape index (κ3) is 3.88. The maximum Gasteiger partial charge on any atom is 0.338 e. The van der Waals surface area contributed by atoms with Crippen LogP contribution in [0.25, 0.3) is 16.6 Å². The standard InChI is InChI=1S/C21H20N4O4S/c1-3-18(19(26)23-14-7-5-13(6-8-14)21(27)28-4-2)30-20-16-11-17-15(9-10-29-17)25(16)12-22-24-20/h5-12,18H,3-4H2,1-2H3,(H,23,26)/t18-/m0/s1. The number of ether oxygens (including phenoxy) is 1. The molecule has 30 heavy (non-hydrogen) atoms. The van der Waals surface area contributed by atoms with Gasteiger partial charge in [-0.1, -0.05) is 18.7 Å². The van der Waals surface area contributed by atoms with Gasteiger partial charge in [0, 0.05) is 17.8 Å². The largest absolute Gasteiger partial charge is 0.463 e. The number of nitrogens with zero attached hydrogens (tertiary/aromatic N) is 3. The third-order valence-corrected chi connectivity index (χ3v) is 5.92. The number of furan rings is 1. The van der Waals surface area contributed by atoms with Gasteiger partial charge in [-0.25, -0.2) is 4.79 Å². The Bertz CT molecular complexity index is 1200. The molecule has 3 heterocycles. The lowest BCUT2D eigenvalue weighted by molar-refractivity contribution is -0.115. The normalized spacial score (nSPS) is 12.2. The second-order valence-electron chi connectivity index (χ2n) is 6.51. The average Bonchev–Trinajstić information content (AvgIpc) is 3.34. The molecule has 9 heteroatoms. The molecule has 1 aromatic carbocycles. The van der Waals surface area contributed by atoms with E-state index in [0.717, 1.165) is 16.6 Å². The molecule has 0 fully saturated rings. The number of aromatic nitrogens is 3. The van der Waals surface area contributed by atoms with Crippen LogP contribution in [-0.2, 0) is 9.53 Å². The molecule has 0 aliphatic rings. The van der Waals surface area contributed by atoms with Crippen LogP contribution in [-0.4, -0.2) is 38.3 Å². The fourth-order valence-electron chi connectivity index (χ4n) is 3.08. The van der Waals surface area contributed by atoms with E-state index in [1.807, 2.05) is 23.5 Å². The summed E-state index contributed by atoms with van der Waals surface area (Å²) in [5.41, 5.74) is 3.54. The number of hydrogen-bond donors (Lipinski definition) is 1.